The van der Waals surface area contributed by atoms with E-state index in [2.05, 4.69) is 135 Å². The van der Waals surface area contributed by atoms with Crippen LogP contribution in [-0.4, -0.2) is 193 Å². The van der Waals surface area contributed by atoms with Crippen molar-refractivity contribution < 1.29 is 89.4 Å². The maximum Gasteiger partial charge on any atom is 0.220 e. The van der Waals surface area contributed by atoms with Crippen molar-refractivity contribution in [1.82, 2.24) is 5.32 Å². The molecule has 0 radical (unpaired) electrons. The molecule has 3 saturated heterocycles. The van der Waals surface area contributed by atoms with Gasteiger partial charge in [0.05, 0.1) is 38.6 Å². The van der Waals surface area contributed by atoms with E-state index in [1.165, 1.54) is 122 Å². The summed E-state index contributed by atoms with van der Waals surface area (Å²) < 4.78 is 34.4. The van der Waals surface area contributed by atoms with Crippen molar-refractivity contribution in [2.75, 3.05) is 26.4 Å². The van der Waals surface area contributed by atoms with Crippen molar-refractivity contribution in [2.24, 2.45) is 0 Å². The minimum Gasteiger partial charge on any atom is -0.394 e. The van der Waals surface area contributed by atoms with Gasteiger partial charge in [-0.3, -0.25) is 4.79 Å². The lowest BCUT2D eigenvalue weighted by Gasteiger charge is -2.48. The van der Waals surface area contributed by atoms with E-state index in [9.17, 15) is 61.0 Å². The highest BCUT2D eigenvalue weighted by molar-refractivity contribution is 5.76. The molecule has 3 heterocycles. The van der Waals surface area contributed by atoms with Gasteiger partial charge in [0.1, 0.15) is 73.2 Å². The molecule has 0 bridgehead atoms. The van der Waals surface area contributed by atoms with Crippen LogP contribution in [0.3, 0.4) is 0 Å². The fraction of sp³-hybridized carbons (Fsp3) is 0.716. The summed E-state index contributed by atoms with van der Waals surface area (Å²) in [7, 11) is 0. The smallest absolute Gasteiger partial charge is 0.220 e. The van der Waals surface area contributed by atoms with Crippen LogP contribution in [0.1, 0.15) is 239 Å². The second-order valence-electron chi connectivity index (χ2n) is 26.7. The van der Waals surface area contributed by atoms with Crippen LogP contribution < -0.4 is 5.32 Å². The zero-order chi connectivity index (χ0) is 72.5. The number of amides is 1. The van der Waals surface area contributed by atoms with Crippen LogP contribution in [0.25, 0.3) is 0 Å². The highest BCUT2D eigenvalue weighted by Gasteiger charge is 2.53. The Kier molecular flexibility index (Phi) is 54.3. The molecule has 3 rings (SSSR count). The average Bonchev–Trinajstić information content (AvgIpc) is 0.783. The summed E-state index contributed by atoms with van der Waals surface area (Å²) >= 11 is 0. The fourth-order valence-corrected chi connectivity index (χ4v) is 12.0. The molecule has 3 fully saturated rings. The van der Waals surface area contributed by atoms with E-state index in [1.54, 1.807) is 6.08 Å². The Morgan fingerprint density at radius 2 is 0.700 bits per heavy atom. The zero-order valence-corrected chi connectivity index (χ0v) is 60.9. The van der Waals surface area contributed by atoms with Gasteiger partial charge in [-0.1, -0.05) is 270 Å². The van der Waals surface area contributed by atoms with Crippen molar-refractivity contribution in [3.63, 3.8) is 0 Å². The van der Waals surface area contributed by atoms with Crippen molar-refractivity contribution in [2.45, 2.75) is 343 Å². The molecule has 572 valence electrons. The number of aliphatic hydroxyl groups excluding tert-OH is 11. The minimum absolute atomic E-state index is 0.146. The van der Waals surface area contributed by atoms with Gasteiger partial charge < -0.3 is 89.9 Å². The van der Waals surface area contributed by atoms with Crippen LogP contribution in [0.15, 0.2) is 134 Å². The Balaban J connectivity index is 1.44. The number of hydrogen-bond acceptors (Lipinski definition) is 18. The molecule has 0 saturated carbocycles. The first-order valence-electron chi connectivity index (χ1n) is 38.4. The number of aliphatic hydroxyl groups is 11. The van der Waals surface area contributed by atoms with Crippen molar-refractivity contribution in [3.05, 3.63) is 134 Å². The maximum absolute atomic E-state index is 13.4. The van der Waals surface area contributed by atoms with E-state index < -0.39 is 131 Å². The van der Waals surface area contributed by atoms with Crippen LogP contribution in [0.4, 0.5) is 0 Å². The normalized spacial score (nSPS) is 27.2. The molecule has 17 atom stereocenters. The molecule has 0 aromatic rings. The summed E-state index contributed by atoms with van der Waals surface area (Å²) in [4.78, 5) is 13.4. The molecule has 19 nitrogen and oxygen atoms in total. The zero-order valence-electron chi connectivity index (χ0n) is 60.9. The van der Waals surface area contributed by atoms with Crippen molar-refractivity contribution in [3.8, 4) is 0 Å². The third kappa shape index (κ3) is 40.3. The quantitative estimate of drug-likeness (QED) is 0.0199. The average molecular weight is 1410 g/mol. The van der Waals surface area contributed by atoms with E-state index in [0.29, 0.717) is 19.3 Å². The van der Waals surface area contributed by atoms with Crippen molar-refractivity contribution in [1.29, 1.82) is 0 Å². The molecule has 100 heavy (non-hydrogen) atoms. The van der Waals surface area contributed by atoms with E-state index in [4.69, 9.17) is 28.4 Å². The van der Waals surface area contributed by atoms with Gasteiger partial charge in [-0.2, -0.15) is 0 Å². The number of carbonyl (C=O) groups excluding carboxylic acids is 1. The summed E-state index contributed by atoms with van der Waals surface area (Å²) in [6.07, 6.45) is 58.7. The molecule has 0 aromatic heterocycles. The highest BCUT2D eigenvalue weighted by atomic mass is 16.8. The SMILES string of the molecule is CC/C=C\C/C=C\C/C=C\C/C=C\C/C=C\C/C=C\C/C=C\C/C=C\C/C=C\CCCC(=O)NC(COC1OC(CO)C(OC2OC(CO)C(OC3OC(CO)C(O)C(O)C3O)C(O)C2O)C(O)C1O)C(O)/C=C/CC/C=C/CCCCCCCCCCCCCCCCCCCCCC. The molecular formula is C81H135NO18. The van der Waals surface area contributed by atoms with Gasteiger partial charge in [-0.05, 0) is 96.3 Å². The number of allylic oxidation sites excluding steroid dienone is 21. The van der Waals surface area contributed by atoms with Gasteiger partial charge in [0.15, 0.2) is 18.9 Å². The summed E-state index contributed by atoms with van der Waals surface area (Å²) in [5.41, 5.74) is 0. The Morgan fingerprint density at radius 1 is 0.370 bits per heavy atom. The molecule has 3 aliphatic rings. The number of carbonyl (C=O) groups is 1. The summed E-state index contributed by atoms with van der Waals surface area (Å²) in [6, 6.07) is -1.03. The Morgan fingerprint density at radius 3 is 1.12 bits per heavy atom. The number of unbranched alkanes of at least 4 members (excludes halogenated alkanes) is 22. The molecular weight excluding hydrogens is 1270 g/mol. The fourth-order valence-electron chi connectivity index (χ4n) is 12.0. The molecule has 0 aliphatic carbocycles. The first kappa shape index (κ1) is 90.1. The van der Waals surface area contributed by atoms with Crippen LogP contribution in [-0.2, 0) is 33.2 Å². The van der Waals surface area contributed by atoms with Gasteiger partial charge >= 0.3 is 0 Å². The second-order valence-corrected chi connectivity index (χ2v) is 26.7. The Hall–Kier alpha value is -4.07. The van der Waals surface area contributed by atoms with Gasteiger partial charge in [-0.15, -0.1) is 0 Å². The first-order chi connectivity index (χ1) is 48.8. The highest BCUT2D eigenvalue weighted by Crippen LogP contribution is 2.33. The first-order valence-corrected chi connectivity index (χ1v) is 38.4. The largest absolute Gasteiger partial charge is 0.394 e. The van der Waals surface area contributed by atoms with E-state index in [0.717, 1.165) is 77.0 Å². The lowest BCUT2D eigenvalue weighted by molar-refractivity contribution is -0.379. The summed E-state index contributed by atoms with van der Waals surface area (Å²) in [5, 5.41) is 121. The van der Waals surface area contributed by atoms with Crippen LogP contribution in [0, 0.1) is 0 Å². The van der Waals surface area contributed by atoms with Crippen LogP contribution in [0.2, 0.25) is 0 Å². The molecule has 12 N–H and O–H groups in total. The van der Waals surface area contributed by atoms with Crippen LogP contribution in [0.5, 0.6) is 0 Å². The summed E-state index contributed by atoms with van der Waals surface area (Å²) in [6.45, 7) is 1.56. The number of rotatable bonds is 58. The van der Waals surface area contributed by atoms with Gasteiger partial charge in [0.2, 0.25) is 5.91 Å². The molecule has 3 aliphatic heterocycles. The third-order valence-electron chi connectivity index (χ3n) is 18.2. The predicted molar refractivity (Wildman–Crippen MR) is 396 cm³/mol. The number of ether oxygens (including phenoxy) is 6. The molecule has 19 heteroatoms. The van der Waals surface area contributed by atoms with E-state index >= 15 is 0 Å². The van der Waals surface area contributed by atoms with E-state index in [1.807, 2.05) is 12.2 Å². The Labute approximate surface area is 600 Å². The lowest BCUT2D eigenvalue weighted by atomic mass is 9.96. The van der Waals surface area contributed by atoms with Crippen LogP contribution >= 0.6 is 0 Å². The van der Waals surface area contributed by atoms with E-state index in [-0.39, 0.29) is 12.3 Å². The van der Waals surface area contributed by atoms with Gasteiger partial charge in [-0.25, -0.2) is 0 Å². The standard InChI is InChI=1S/C81H135NO18/c1-3-5-7-9-11-13-15-17-19-21-23-25-27-29-31-32-33-35-37-39-41-43-45-47-49-51-53-55-57-59-69(87)82-64(65(86)58-56-54-52-50-48-46-44-42-40-38-36-34-30-28-26-24-22-20-18-16-14-12-10-8-6-4-2)63-95-79-75(93)72(90)77(67(61-84)97-79)100-81-76(94)73(91)78(68(62-85)98-81)99-80-74(92)71(89)70(88)66(60-83)96-80/h5,7,11,13,17,19,23,25,29,31,33,35,39,41,45,47-48,50-51,53,56,58,64-68,70-81,83-86,88-94H,3-4,6,8-10,12,14-16,18,20-22,24,26-28,30,32,34,36-38,40,42-44,46,49,52,54-55,57,59-63H2,1-2H3,(H,82,87)/b7-5-,13-11-,19-17-,25-23-,31-29-,35-33-,41-39-,47-45-,50-48+,53-51-,58-56+. The Bertz CT molecular complexity index is 2330. The topological polar surface area (TPSA) is 307 Å². The molecule has 0 spiro atoms. The lowest BCUT2D eigenvalue weighted by Crippen LogP contribution is -2.66. The number of nitrogens with one attached hydrogen (secondary N) is 1. The molecule has 1 amide bonds. The molecule has 17 unspecified atom stereocenters. The maximum atomic E-state index is 13.4. The number of hydrogen-bond donors (Lipinski definition) is 12. The van der Waals surface area contributed by atoms with Gasteiger partial charge in [0, 0.05) is 6.42 Å². The molecule has 0 aromatic carbocycles. The summed E-state index contributed by atoms with van der Waals surface area (Å²) in [5.74, 6) is -0.347. The van der Waals surface area contributed by atoms with Crippen molar-refractivity contribution >= 4 is 5.91 Å². The monoisotopic (exact) mass is 1410 g/mol. The predicted octanol–water partition coefficient (Wildman–Crippen LogP) is 12.1. The van der Waals surface area contributed by atoms with Gasteiger partial charge in [0.25, 0.3) is 0 Å². The third-order valence-corrected chi connectivity index (χ3v) is 18.2. The second kappa shape index (κ2) is 60.2. The minimum atomic E-state index is -1.99.